The second-order valence-corrected chi connectivity index (χ2v) is 4.99. The number of hydrogen-bond acceptors (Lipinski definition) is 4. The van der Waals surface area contributed by atoms with Crippen molar-refractivity contribution in [3.05, 3.63) is 29.8 Å². The third-order valence-electron chi connectivity index (χ3n) is 3.40. The maximum absolute atomic E-state index is 11.5. The second-order valence-electron chi connectivity index (χ2n) is 4.99. The Morgan fingerprint density at radius 1 is 1.33 bits per heavy atom. The molecule has 1 amide bonds. The predicted octanol–water partition coefficient (Wildman–Crippen LogP) is 1.37. The van der Waals surface area contributed by atoms with Gasteiger partial charge in [0.25, 0.3) is 0 Å². The summed E-state index contributed by atoms with van der Waals surface area (Å²) in [6.07, 6.45) is 0. The van der Waals surface area contributed by atoms with E-state index in [0.29, 0.717) is 13.2 Å². The van der Waals surface area contributed by atoms with Crippen molar-refractivity contribution in [1.29, 1.82) is 0 Å². The van der Waals surface area contributed by atoms with Crippen LogP contribution in [0.1, 0.15) is 26.3 Å². The topological polar surface area (TPSA) is 67.6 Å². The number of nitrogens with two attached hydrogens (primary N) is 1. The number of benzene rings is 1. The van der Waals surface area contributed by atoms with Crippen LogP contribution in [0.25, 0.3) is 0 Å². The van der Waals surface area contributed by atoms with Gasteiger partial charge in [0, 0.05) is 18.7 Å². The molecule has 5 nitrogen and oxygen atoms in total. The first-order chi connectivity index (χ1) is 10.1. The lowest BCUT2D eigenvalue weighted by Gasteiger charge is -2.19. The highest BCUT2D eigenvalue weighted by molar-refractivity contribution is 5.80. The van der Waals surface area contributed by atoms with Crippen LogP contribution in [0, 0.1) is 0 Å². The van der Waals surface area contributed by atoms with Gasteiger partial charge in [-0.1, -0.05) is 32.0 Å². The number of nitrogens with zero attached hydrogens (tertiary/aromatic N) is 1. The van der Waals surface area contributed by atoms with Crippen molar-refractivity contribution in [1.82, 2.24) is 10.2 Å². The van der Waals surface area contributed by atoms with E-state index in [-0.39, 0.29) is 5.91 Å². The van der Waals surface area contributed by atoms with Crippen LogP contribution in [-0.4, -0.2) is 43.1 Å². The van der Waals surface area contributed by atoms with Crippen LogP contribution in [0.5, 0.6) is 5.75 Å². The van der Waals surface area contributed by atoms with Gasteiger partial charge in [-0.15, -0.1) is 0 Å². The summed E-state index contributed by atoms with van der Waals surface area (Å²) in [5.41, 5.74) is 6.50. The molecule has 0 aromatic heterocycles. The predicted molar refractivity (Wildman–Crippen MR) is 85.2 cm³/mol. The molecule has 1 rings (SSSR count). The number of rotatable bonds is 9. The van der Waals surface area contributed by atoms with E-state index in [2.05, 4.69) is 24.1 Å². The summed E-state index contributed by atoms with van der Waals surface area (Å²) in [7, 11) is 0. The lowest BCUT2D eigenvalue weighted by atomic mass is 10.2. The zero-order chi connectivity index (χ0) is 15.7. The van der Waals surface area contributed by atoms with E-state index in [4.69, 9.17) is 10.5 Å². The molecule has 0 heterocycles. The van der Waals surface area contributed by atoms with Gasteiger partial charge in [0.05, 0.1) is 6.04 Å². The van der Waals surface area contributed by atoms with Crippen LogP contribution in [0.15, 0.2) is 24.3 Å². The van der Waals surface area contributed by atoms with Gasteiger partial charge in [-0.2, -0.15) is 0 Å². The Morgan fingerprint density at radius 2 is 2.00 bits per heavy atom. The fourth-order valence-electron chi connectivity index (χ4n) is 1.96. The Morgan fingerprint density at radius 3 is 2.62 bits per heavy atom. The number of amides is 1. The van der Waals surface area contributed by atoms with Gasteiger partial charge >= 0.3 is 0 Å². The van der Waals surface area contributed by atoms with Gasteiger partial charge in [0.2, 0.25) is 5.91 Å². The van der Waals surface area contributed by atoms with Crippen LogP contribution in [0.3, 0.4) is 0 Å². The molecular weight excluding hydrogens is 266 g/mol. The summed E-state index contributed by atoms with van der Waals surface area (Å²) < 4.78 is 5.84. The molecule has 1 atom stereocenters. The zero-order valence-corrected chi connectivity index (χ0v) is 13.3. The van der Waals surface area contributed by atoms with Crippen molar-refractivity contribution in [3.8, 4) is 5.75 Å². The third kappa shape index (κ3) is 6.14. The highest BCUT2D eigenvalue weighted by atomic mass is 16.5. The minimum absolute atomic E-state index is 0.159. The van der Waals surface area contributed by atoms with Crippen molar-refractivity contribution in [2.45, 2.75) is 33.4 Å². The maximum atomic E-state index is 11.5. The van der Waals surface area contributed by atoms with E-state index in [1.165, 1.54) is 0 Å². The number of nitrogens with one attached hydrogen (secondary N) is 1. The summed E-state index contributed by atoms with van der Waals surface area (Å²) in [5, 5.41) is 2.81. The van der Waals surface area contributed by atoms with Gasteiger partial charge in [0.15, 0.2) is 0 Å². The molecule has 1 aromatic rings. The first kappa shape index (κ1) is 17.5. The average Bonchev–Trinajstić information content (AvgIpc) is 2.50. The number of carbonyl (C=O) groups excluding carboxylic acids is 1. The monoisotopic (exact) mass is 293 g/mol. The van der Waals surface area contributed by atoms with Crippen molar-refractivity contribution < 1.29 is 9.53 Å². The fourth-order valence-corrected chi connectivity index (χ4v) is 1.96. The molecule has 0 saturated carbocycles. The van der Waals surface area contributed by atoms with E-state index in [1.807, 2.05) is 24.3 Å². The number of likely N-dealkylation sites (N-methyl/N-ethyl adjacent to an activating group) is 1. The van der Waals surface area contributed by atoms with Gasteiger partial charge in [-0.25, -0.2) is 0 Å². The molecule has 21 heavy (non-hydrogen) atoms. The van der Waals surface area contributed by atoms with Crippen molar-refractivity contribution in [2.75, 3.05) is 26.2 Å². The smallest absolute Gasteiger partial charge is 0.236 e. The summed E-state index contributed by atoms with van der Waals surface area (Å²) in [5.74, 6) is 0.655. The lowest BCUT2D eigenvalue weighted by Crippen LogP contribution is -2.37. The van der Waals surface area contributed by atoms with E-state index >= 15 is 0 Å². The molecule has 0 aliphatic heterocycles. The Balaban J connectivity index is 2.52. The SMILES string of the molecule is CCN(CC)CCOc1ccccc1CNC(=O)[C@@H](C)N. The molecule has 0 fully saturated rings. The Labute approximate surface area is 127 Å². The molecule has 5 heteroatoms. The van der Waals surface area contributed by atoms with E-state index < -0.39 is 6.04 Å². The lowest BCUT2D eigenvalue weighted by molar-refractivity contribution is -0.122. The molecule has 0 spiro atoms. The van der Waals surface area contributed by atoms with Gasteiger partial charge in [0.1, 0.15) is 12.4 Å². The molecule has 3 N–H and O–H groups in total. The first-order valence-corrected chi connectivity index (χ1v) is 7.54. The van der Waals surface area contributed by atoms with Crippen molar-refractivity contribution >= 4 is 5.91 Å². The summed E-state index contributed by atoms with van der Waals surface area (Å²) in [6, 6.07) is 7.25. The molecule has 0 aliphatic rings. The van der Waals surface area contributed by atoms with Crippen LogP contribution < -0.4 is 15.8 Å². The highest BCUT2D eigenvalue weighted by Gasteiger charge is 2.09. The van der Waals surface area contributed by atoms with E-state index in [9.17, 15) is 4.79 Å². The maximum Gasteiger partial charge on any atom is 0.236 e. The number of carbonyl (C=O) groups is 1. The van der Waals surface area contributed by atoms with Crippen molar-refractivity contribution in [2.24, 2.45) is 5.73 Å². The van der Waals surface area contributed by atoms with E-state index in [1.54, 1.807) is 6.92 Å². The number of para-hydroxylation sites is 1. The average molecular weight is 293 g/mol. The standard InChI is InChI=1S/C16H27N3O2/c1-4-19(5-2)10-11-21-15-9-7-6-8-14(15)12-18-16(20)13(3)17/h6-9,13H,4-5,10-12,17H2,1-3H3,(H,18,20)/t13-/m1/s1. The molecule has 0 bridgehead atoms. The van der Waals surface area contributed by atoms with Gasteiger partial charge in [-0.3, -0.25) is 4.79 Å². The number of ether oxygens (including phenoxy) is 1. The summed E-state index contributed by atoms with van der Waals surface area (Å²) in [4.78, 5) is 13.8. The molecular formula is C16H27N3O2. The van der Waals surface area contributed by atoms with Crippen LogP contribution in [0.2, 0.25) is 0 Å². The van der Waals surface area contributed by atoms with E-state index in [0.717, 1.165) is 30.9 Å². The Hall–Kier alpha value is -1.59. The largest absolute Gasteiger partial charge is 0.492 e. The normalized spacial score (nSPS) is 12.2. The molecule has 0 aliphatic carbocycles. The molecule has 118 valence electrons. The van der Waals surface area contributed by atoms with Crippen molar-refractivity contribution in [3.63, 3.8) is 0 Å². The quantitative estimate of drug-likeness (QED) is 0.721. The Kier molecular flexibility index (Phi) is 7.79. The van der Waals surface area contributed by atoms with Gasteiger partial charge < -0.3 is 20.7 Å². The Bertz CT molecular complexity index is 431. The molecule has 0 saturated heterocycles. The molecule has 0 radical (unpaired) electrons. The third-order valence-corrected chi connectivity index (χ3v) is 3.40. The summed E-state index contributed by atoms with van der Waals surface area (Å²) >= 11 is 0. The minimum atomic E-state index is -0.499. The number of hydrogen-bond donors (Lipinski definition) is 2. The zero-order valence-electron chi connectivity index (χ0n) is 13.3. The van der Waals surface area contributed by atoms with Crippen LogP contribution in [0.4, 0.5) is 0 Å². The highest BCUT2D eigenvalue weighted by Crippen LogP contribution is 2.17. The minimum Gasteiger partial charge on any atom is -0.492 e. The fraction of sp³-hybridized carbons (Fsp3) is 0.562. The van der Waals surface area contributed by atoms with Gasteiger partial charge in [-0.05, 0) is 26.1 Å². The summed E-state index contributed by atoms with van der Waals surface area (Å²) in [6.45, 7) is 9.96. The molecule has 0 unspecified atom stereocenters. The molecule has 1 aromatic carbocycles. The first-order valence-electron chi connectivity index (χ1n) is 7.54. The second kappa shape index (κ2) is 9.37. The van der Waals surface area contributed by atoms with Crippen LogP contribution >= 0.6 is 0 Å². The van der Waals surface area contributed by atoms with Crippen LogP contribution in [-0.2, 0) is 11.3 Å².